The van der Waals surface area contributed by atoms with Gasteiger partial charge in [0.1, 0.15) is 5.82 Å². The monoisotopic (exact) mass is 246 g/mol. The molecule has 0 heterocycles. The Balaban J connectivity index is 0.00000225. The molecule has 0 aliphatic carbocycles. The quantitative estimate of drug-likeness (QED) is 0.857. The van der Waals surface area contributed by atoms with E-state index >= 15 is 0 Å². The summed E-state index contributed by atoms with van der Waals surface area (Å²) in [6, 6.07) is 4.97. The Kier molecular flexibility index (Phi) is 7.30. The maximum Gasteiger partial charge on any atom is 0.123 e. The predicted octanol–water partition coefficient (Wildman–Crippen LogP) is 2.21. The Bertz CT molecular complexity index is 318. The lowest BCUT2D eigenvalue weighted by atomic mass is 10.1. The van der Waals surface area contributed by atoms with Gasteiger partial charge in [0.2, 0.25) is 0 Å². The van der Waals surface area contributed by atoms with Crippen LogP contribution in [0, 0.1) is 12.7 Å². The van der Waals surface area contributed by atoms with Crippen LogP contribution in [0.4, 0.5) is 4.39 Å². The molecule has 4 heteroatoms. The highest BCUT2D eigenvalue weighted by Gasteiger charge is 2.03. The standard InChI is InChI=1S/C12H19FN2.ClH/c1-10-8-12(13)5-4-11(10)9-15(3)7-6-14-2;/h4-5,8,14H,6-7,9H2,1-3H3;1H. The first kappa shape index (κ1) is 15.4. The van der Waals surface area contributed by atoms with Crippen LogP contribution in [0.5, 0.6) is 0 Å². The largest absolute Gasteiger partial charge is 0.318 e. The molecule has 0 saturated carbocycles. The number of halogens is 2. The molecule has 0 aromatic heterocycles. The van der Waals surface area contributed by atoms with Gasteiger partial charge in [-0.15, -0.1) is 12.4 Å². The lowest BCUT2D eigenvalue weighted by Crippen LogP contribution is -2.27. The molecule has 1 rings (SSSR count). The van der Waals surface area contributed by atoms with Crippen LogP contribution < -0.4 is 5.32 Å². The number of aryl methyl sites for hydroxylation is 1. The van der Waals surface area contributed by atoms with E-state index in [4.69, 9.17) is 0 Å². The average molecular weight is 247 g/mol. The summed E-state index contributed by atoms with van der Waals surface area (Å²) in [5.74, 6) is -0.158. The smallest absolute Gasteiger partial charge is 0.123 e. The molecule has 1 aromatic rings. The molecular weight excluding hydrogens is 227 g/mol. The van der Waals surface area contributed by atoms with E-state index in [1.165, 1.54) is 11.6 Å². The van der Waals surface area contributed by atoms with Gasteiger partial charge in [-0.2, -0.15) is 0 Å². The Labute approximate surface area is 103 Å². The van der Waals surface area contributed by atoms with Crippen molar-refractivity contribution in [1.29, 1.82) is 0 Å². The van der Waals surface area contributed by atoms with Crippen molar-refractivity contribution < 1.29 is 4.39 Å². The first-order valence-corrected chi connectivity index (χ1v) is 5.21. The van der Waals surface area contributed by atoms with Crippen molar-refractivity contribution in [3.05, 3.63) is 35.1 Å². The Morgan fingerprint density at radius 1 is 1.38 bits per heavy atom. The van der Waals surface area contributed by atoms with Gasteiger partial charge >= 0.3 is 0 Å². The molecule has 0 saturated heterocycles. The number of likely N-dealkylation sites (N-methyl/N-ethyl adjacent to an activating group) is 2. The molecule has 0 amide bonds. The fourth-order valence-corrected chi connectivity index (χ4v) is 1.51. The van der Waals surface area contributed by atoms with Gasteiger partial charge in [-0.1, -0.05) is 6.07 Å². The molecule has 0 unspecified atom stereocenters. The van der Waals surface area contributed by atoms with Crippen molar-refractivity contribution in [2.24, 2.45) is 0 Å². The number of rotatable bonds is 5. The zero-order valence-corrected chi connectivity index (χ0v) is 10.9. The van der Waals surface area contributed by atoms with Crippen LogP contribution in [-0.4, -0.2) is 32.1 Å². The fraction of sp³-hybridized carbons (Fsp3) is 0.500. The van der Waals surface area contributed by atoms with Gasteiger partial charge in [0, 0.05) is 19.6 Å². The third-order valence-corrected chi connectivity index (χ3v) is 2.49. The number of hydrogen-bond acceptors (Lipinski definition) is 2. The van der Waals surface area contributed by atoms with Crippen LogP contribution in [0.15, 0.2) is 18.2 Å². The second-order valence-electron chi connectivity index (χ2n) is 3.91. The topological polar surface area (TPSA) is 15.3 Å². The first-order valence-electron chi connectivity index (χ1n) is 5.21. The Morgan fingerprint density at radius 2 is 2.06 bits per heavy atom. The molecule has 0 aliphatic heterocycles. The first-order chi connectivity index (χ1) is 7.13. The summed E-state index contributed by atoms with van der Waals surface area (Å²) in [4.78, 5) is 2.22. The van der Waals surface area contributed by atoms with E-state index in [1.807, 2.05) is 20.0 Å². The van der Waals surface area contributed by atoms with E-state index in [-0.39, 0.29) is 18.2 Å². The van der Waals surface area contributed by atoms with E-state index in [9.17, 15) is 4.39 Å². The Morgan fingerprint density at radius 3 is 2.62 bits per heavy atom. The molecule has 0 aliphatic rings. The highest BCUT2D eigenvalue weighted by atomic mass is 35.5. The summed E-state index contributed by atoms with van der Waals surface area (Å²) in [6.45, 7) is 4.78. The summed E-state index contributed by atoms with van der Waals surface area (Å²) in [5, 5.41) is 3.11. The number of hydrogen-bond donors (Lipinski definition) is 1. The van der Waals surface area contributed by atoms with Crippen LogP contribution in [0.25, 0.3) is 0 Å². The molecule has 0 fully saturated rings. The molecule has 1 N–H and O–H groups in total. The minimum absolute atomic E-state index is 0. The van der Waals surface area contributed by atoms with Crippen molar-refractivity contribution >= 4 is 12.4 Å². The molecule has 2 nitrogen and oxygen atoms in total. The summed E-state index contributed by atoms with van der Waals surface area (Å²) in [6.07, 6.45) is 0. The number of benzene rings is 1. The third-order valence-electron chi connectivity index (χ3n) is 2.49. The summed E-state index contributed by atoms with van der Waals surface area (Å²) < 4.78 is 12.9. The minimum atomic E-state index is -0.158. The minimum Gasteiger partial charge on any atom is -0.318 e. The number of nitrogens with zero attached hydrogens (tertiary/aromatic N) is 1. The zero-order chi connectivity index (χ0) is 11.3. The van der Waals surface area contributed by atoms with E-state index in [1.54, 1.807) is 6.07 Å². The van der Waals surface area contributed by atoms with E-state index in [0.717, 1.165) is 25.2 Å². The maximum absolute atomic E-state index is 12.9. The van der Waals surface area contributed by atoms with Crippen molar-refractivity contribution in [3.63, 3.8) is 0 Å². The molecule has 0 spiro atoms. The SMILES string of the molecule is CNCCN(C)Cc1ccc(F)cc1C.Cl. The highest BCUT2D eigenvalue weighted by molar-refractivity contribution is 5.85. The molecule has 1 aromatic carbocycles. The maximum atomic E-state index is 12.9. The van der Waals surface area contributed by atoms with Crippen LogP contribution in [0.1, 0.15) is 11.1 Å². The van der Waals surface area contributed by atoms with Crippen molar-refractivity contribution in [1.82, 2.24) is 10.2 Å². The number of nitrogens with one attached hydrogen (secondary N) is 1. The van der Waals surface area contributed by atoms with Gasteiger partial charge in [-0.25, -0.2) is 4.39 Å². The highest BCUT2D eigenvalue weighted by Crippen LogP contribution is 2.11. The van der Waals surface area contributed by atoms with Gasteiger partial charge in [0.15, 0.2) is 0 Å². The van der Waals surface area contributed by atoms with Crippen molar-refractivity contribution in [3.8, 4) is 0 Å². The van der Waals surface area contributed by atoms with Gasteiger partial charge in [-0.3, -0.25) is 0 Å². The molecule has 0 atom stereocenters. The van der Waals surface area contributed by atoms with Crippen LogP contribution in [0.3, 0.4) is 0 Å². The van der Waals surface area contributed by atoms with Gasteiger partial charge < -0.3 is 10.2 Å². The van der Waals surface area contributed by atoms with Gasteiger partial charge in [-0.05, 0) is 44.3 Å². The summed E-state index contributed by atoms with van der Waals surface area (Å²) >= 11 is 0. The molecule has 16 heavy (non-hydrogen) atoms. The normalized spacial score (nSPS) is 10.3. The van der Waals surface area contributed by atoms with Crippen molar-refractivity contribution in [2.75, 3.05) is 27.2 Å². The zero-order valence-electron chi connectivity index (χ0n) is 10.1. The predicted molar refractivity (Wildman–Crippen MR) is 68.6 cm³/mol. The molecule has 92 valence electrons. The molecular formula is C12H20ClFN2. The fourth-order valence-electron chi connectivity index (χ4n) is 1.51. The van der Waals surface area contributed by atoms with Crippen LogP contribution in [-0.2, 0) is 6.54 Å². The van der Waals surface area contributed by atoms with E-state index < -0.39 is 0 Å². The average Bonchev–Trinajstić information content (AvgIpc) is 2.19. The molecule has 0 radical (unpaired) electrons. The second-order valence-corrected chi connectivity index (χ2v) is 3.91. The lowest BCUT2D eigenvalue weighted by molar-refractivity contribution is 0.327. The Hall–Kier alpha value is -0.640. The van der Waals surface area contributed by atoms with E-state index in [0.29, 0.717) is 0 Å². The van der Waals surface area contributed by atoms with Crippen molar-refractivity contribution in [2.45, 2.75) is 13.5 Å². The van der Waals surface area contributed by atoms with Gasteiger partial charge in [0.05, 0.1) is 0 Å². The van der Waals surface area contributed by atoms with E-state index in [2.05, 4.69) is 17.3 Å². The summed E-state index contributed by atoms with van der Waals surface area (Å²) in [7, 11) is 4.01. The van der Waals surface area contributed by atoms with Crippen LogP contribution >= 0.6 is 12.4 Å². The molecule has 0 bridgehead atoms. The van der Waals surface area contributed by atoms with Crippen LogP contribution in [0.2, 0.25) is 0 Å². The van der Waals surface area contributed by atoms with Gasteiger partial charge in [0.25, 0.3) is 0 Å². The lowest BCUT2D eigenvalue weighted by Gasteiger charge is -2.17. The second kappa shape index (κ2) is 7.60. The summed E-state index contributed by atoms with van der Waals surface area (Å²) in [5.41, 5.74) is 2.21. The third kappa shape index (κ3) is 4.92.